The minimum atomic E-state index is -3.70. The van der Waals surface area contributed by atoms with Gasteiger partial charge in [-0.15, -0.1) is 0 Å². The Bertz CT molecular complexity index is 728. The summed E-state index contributed by atoms with van der Waals surface area (Å²) in [4.78, 5) is 0.186. The van der Waals surface area contributed by atoms with Crippen LogP contribution in [-0.2, 0) is 21.9 Å². The molecule has 1 heterocycles. The average molecular weight is 323 g/mol. The zero-order valence-electron chi connectivity index (χ0n) is 13.3. The Morgan fingerprint density at radius 3 is 2.32 bits per heavy atom. The van der Waals surface area contributed by atoms with Crippen molar-refractivity contribution >= 4 is 15.8 Å². The lowest BCUT2D eigenvalue weighted by atomic mass is 9.87. The third-order valence-electron chi connectivity index (χ3n) is 3.30. The molecule has 2 aromatic rings. The summed E-state index contributed by atoms with van der Waals surface area (Å²) in [5.74, 6) is 0.154. The molecule has 0 saturated heterocycles. The molecule has 6 nitrogen and oxygen atoms in total. The highest BCUT2D eigenvalue weighted by molar-refractivity contribution is 7.92. The van der Waals surface area contributed by atoms with E-state index in [4.69, 9.17) is 0 Å². The smallest absolute Gasteiger partial charge is 0.259 e. The number of anilines is 1. The number of aromatic nitrogens is 2. The molecule has 0 radical (unpaired) electrons. The minimum Gasteiger partial charge on any atom is -0.259 e. The normalized spacial score (nSPS) is 12.4. The van der Waals surface area contributed by atoms with Gasteiger partial charge in [0.1, 0.15) is 5.69 Å². The number of nitrogens with zero attached hydrogens (tertiary/aromatic N) is 2. The molecule has 7 heteroatoms. The van der Waals surface area contributed by atoms with E-state index in [-0.39, 0.29) is 16.1 Å². The predicted molar refractivity (Wildman–Crippen MR) is 84.2 cm³/mol. The predicted octanol–water partition coefficient (Wildman–Crippen LogP) is 3.12. The molecule has 1 aromatic carbocycles. The number of rotatable bonds is 5. The van der Waals surface area contributed by atoms with Crippen LogP contribution < -0.4 is 4.72 Å². The molecule has 0 amide bonds. The summed E-state index contributed by atoms with van der Waals surface area (Å²) in [6.07, 6.45) is 1.42. The molecule has 0 saturated carbocycles. The molecular weight excluding hydrogens is 302 g/mol. The van der Waals surface area contributed by atoms with Gasteiger partial charge in [0, 0.05) is 0 Å². The van der Waals surface area contributed by atoms with Gasteiger partial charge in [-0.25, -0.2) is 13.0 Å². The van der Waals surface area contributed by atoms with Crippen LogP contribution in [0.3, 0.4) is 0 Å². The van der Waals surface area contributed by atoms with Crippen molar-refractivity contribution in [1.82, 2.24) is 10.3 Å². The first-order chi connectivity index (χ1) is 10.2. The lowest BCUT2D eigenvalue weighted by Gasteiger charge is -2.19. The Hall–Kier alpha value is -1.89. The fourth-order valence-electron chi connectivity index (χ4n) is 2.01. The van der Waals surface area contributed by atoms with Gasteiger partial charge in [0.25, 0.3) is 10.0 Å². The van der Waals surface area contributed by atoms with E-state index in [1.807, 2.05) is 19.1 Å². The van der Waals surface area contributed by atoms with Crippen LogP contribution >= 0.6 is 0 Å². The van der Waals surface area contributed by atoms with Gasteiger partial charge in [0.15, 0.2) is 0 Å². The van der Waals surface area contributed by atoms with Gasteiger partial charge >= 0.3 is 0 Å². The molecule has 22 heavy (non-hydrogen) atoms. The summed E-state index contributed by atoms with van der Waals surface area (Å²) >= 11 is 0. The number of hydrogen-bond acceptors (Lipinski definition) is 5. The van der Waals surface area contributed by atoms with Crippen molar-refractivity contribution in [1.29, 1.82) is 0 Å². The molecule has 0 spiro atoms. The summed E-state index contributed by atoms with van der Waals surface area (Å²) in [7, 11) is -3.70. The highest BCUT2D eigenvalue weighted by atomic mass is 32.2. The van der Waals surface area contributed by atoms with Crippen molar-refractivity contribution in [2.75, 3.05) is 4.72 Å². The van der Waals surface area contributed by atoms with Crippen molar-refractivity contribution in [3.63, 3.8) is 0 Å². The standard InChI is InChI=1S/C15H21N3O3S/c1-5-6-13-14(17-21-16-13)18-22(19,20)12-9-7-11(8-10-12)15(2,3)4/h7-10H,5-6H2,1-4H3,(H,17,18). The molecule has 120 valence electrons. The van der Waals surface area contributed by atoms with Crippen LogP contribution in [-0.4, -0.2) is 18.7 Å². The molecule has 0 aliphatic rings. The van der Waals surface area contributed by atoms with E-state index in [1.165, 1.54) is 0 Å². The SMILES string of the molecule is CCCc1nonc1NS(=O)(=O)c1ccc(C(C)(C)C)cc1. The van der Waals surface area contributed by atoms with Crippen LogP contribution in [0.2, 0.25) is 0 Å². The fourth-order valence-corrected chi connectivity index (χ4v) is 3.03. The Morgan fingerprint density at radius 1 is 1.14 bits per heavy atom. The zero-order valence-corrected chi connectivity index (χ0v) is 14.1. The highest BCUT2D eigenvalue weighted by Crippen LogP contribution is 2.24. The summed E-state index contributed by atoms with van der Waals surface area (Å²) < 4.78 is 31.8. The topological polar surface area (TPSA) is 85.1 Å². The molecule has 0 unspecified atom stereocenters. The highest BCUT2D eigenvalue weighted by Gasteiger charge is 2.20. The molecule has 0 aliphatic heterocycles. The lowest BCUT2D eigenvalue weighted by Crippen LogP contribution is -2.16. The molecule has 2 rings (SSSR count). The van der Waals surface area contributed by atoms with Crippen LogP contribution in [0.1, 0.15) is 45.4 Å². The van der Waals surface area contributed by atoms with Gasteiger partial charge in [-0.1, -0.05) is 51.4 Å². The summed E-state index contributed by atoms with van der Waals surface area (Å²) in [5, 5.41) is 7.34. The second kappa shape index (κ2) is 6.08. The Balaban J connectivity index is 2.25. The summed E-state index contributed by atoms with van der Waals surface area (Å²) in [6, 6.07) is 6.83. The number of nitrogens with one attached hydrogen (secondary N) is 1. The van der Waals surface area contributed by atoms with Gasteiger partial charge < -0.3 is 0 Å². The Kier molecular flexibility index (Phi) is 4.55. The van der Waals surface area contributed by atoms with Crippen LogP contribution in [0.5, 0.6) is 0 Å². The second-order valence-corrected chi connectivity index (χ2v) is 7.87. The molecule has 0 bridgehead atoms. The van der Waals surface area contributed by atoms with Gasteiger partial charge in [-0.2, -0.15) is 0 Å². The third-order valence-corrected chi connectivity index (χ3v) is 4.66. The quantitative estimate of drug-likeness (QED) is 0.913. The number of aryl methyl sites for hydroxylation is 1. The van der Waals surface area contributed by atoms with E-state index in [9.17, 15) is 8.42 Å². The number of benzene rings is 1. The van der Waals surface area contributed by atoms with Crippen molar-refractivity contribution in [2.45, 2.75) is 50.8 Å². The van der Waals surface area contributed by atoms with Crippen molar-refractivity contribution in [2.24, 2.45) is 0 Å². The van der Waals surface area contributed by atoms with E-state index < -0.39 is 10.0 Å². The molecule has 1 aromatic heterocycles. The average Bonchev–Trinajstić information content (AvgIpc) is 2.85. The Labute approximate surface area is 130 Å². The molecule has 0 atom stereocenters. The van der Waals surface area contributed by atoms with Gasteiger partial charge in [0.05, 0.1) is 4.90 Å². The van der Waals surface area contributed by atoms with Crippen LogP contribution in [0, 0.1) is 0 Å². The number of hydrogen-bond donors (Lipinski definition) is 1. The molecule has 0 aliphatic carbocycles. The van der Waals surface area contributed by atoms with E-state index in [1.54, 1.807) is 12.1 Å². The first-order valence-electron chi connectivity index (χ1n) is 7.19. The second-order valence-electron chi connectivity index (χ2n) is 6.19. The van der Waals surface area contributed by atoms with Gasteiger partial charge in [-0.05, 0) is 34.7 Å². The number of sulfonamides is 1. The monoisotopic (exact) mass is 323 g/mol. The molecule has 0 fully saturated rings. The van der Waals surface area contributed by atoms with Crippen LogP contribution in [0.25, 0.3) is 0 Å². The van der Waals surface area contributed by atoms with E-state index in [2.05, 4.69) is 40.4 Å². The van der Waals surface area contributed by atoms with E-state index >= 15 is 0 Å². The summed E-state index contributed by atoms with van der Waals surface area (Å²) in [6.45, 7) is 8.20. The maximum Gasteiger partial charge on any atom is 0.263 e. The maximum atomic E-state index is 12.4. The minimum absolute atomic E-state index is 0.0277. The Morgan fingerprint density at radius 2 is 1.77 bits per heavy atom. The van der Waals surface area contributed by atoms with Gasteiger partial charge in [-0.3, -0.25) is 4.72 Å². The van der Waals surface area contributed by atoms with Crippen molar-refractivity contribution in [3.8, 4) is 0 Å². The van der Waals surface area contributed by atoms with Gasteiger partial charge in [0.2, 0.25) is 5.82 Å². The first-order valence-corrected chi connectivity index (χ1v) is 8.67. The molecular formula is C15H21N3O3S. The van der Waals surface area contributed by atoms with Crippen LogP contribution in [0.15, 0.2) is 33.8 Å². The third kappa shape index (κ3) is 3.65. The van der Waals surface area contributed by atoms with Crippen molar-refractivity contribution < 1.29 is 13.0 Å². The molecule has 1 N–H and O–H groups in total. The first kappa shape index (κ1) is 16.5. The zero-order chi connectivity index (χ0) is 16.4. The largest absolute Gasteiger partial charge is 0.263 e. The summed E-state index contributed by atoms with van der Waals surface area (Å²) in [5.41, 5.74) is 1.55. The van der Waals surface area contributed by atoms with Crippen LogP contribution in [0.4, 0.5) is 5.82 Å². The van der Waals surface area contributed by atoms with E-state index in [0.717, 1.165) is 12.0 Å². The lowest BCUT2D eigenvalue weighted by molar-refractivity contribution is 0.304. The van der Waals surface area contributed by atoms with E-state index in [0.29, 0.717) is 12.1 Å². The maximum absolute atomic E-state index is 12.4. The fraction of sp³-hybridized carbons (Fsp3) is 0.467. The van der Waals surface area contributed by atoms with Crippen molar-refractivity contribution in [3.05, 3.63) is 35.5 Å².